The number of benzene rings is 3. The van der Waals surface area contributed by atoms with Crippen LogP contribution in [0.25, 0.3) is 5.57 Å². The highest BCUT2D eigenvalue weighted by Gasteiger charge is 2.71. The van der Waals surface area contributed by atoms with Crippen molar-refractivity contribution in [1.82, 2.24) is 0 Å². The molecule has 5 nitrogen and oxygen atoms in total. The molecule has 0 saturated carbocycles. The number of anilines is 2. The normalized spacial score (nSPS) is 25.1. The summed E-state index contributed by atoms with van der Waals surface area (Å²) in [6.07, 6.45) is 2.08. The molecule has 0 aromatic heterocycles. The van der Waals surface area contributed by atoms with E-state index in [4.69, 9.17) is 11.6 Å². The first kappa shape index (κ1) is 25.6. The van der Waals surface area contributed by atoms with Gasteiger partial charge >= 0.3 is 0 Å². The molecule has 3 aliphatic heterocycles. The number of carbonyl (C=O) groups is 3. The van der Waals surface area contributed by atoms with Crippen molar-refractivity contribution in [2.75, 3.05) is 10.2 Å². The number of para-hydroxylation sites is 1. The number of hydrogen-bond acceptors (Lipinski definition) is 4. The van der Waals surface area contributed by atoms with Crippen LogP contribution in [0.1, 0.15) is 54.7 Å². The van der Waals surface area contributed by atoms with E-state index in [0.29, 0.717) is 16.3 Å². The predicted molar refractivity (Wildman–Crippen MR) is 155 cm³/mol. The third-order valence-corrected chi connectivity index (χ3v) is 8.80. The van der Waals surface area contributed by atoms with Crippen molar-refractivity contribution in [3.05, 3.63) is 100 Å². The Morgan fingerprint density at radius 3 is 2.36 bits per heavy atom. The van der Waals surface area contributed by atoms with Crippen LogP contribution in [0.4, 0.5) is 11.4 Å². The van der Waals surface area contributed by atoms with Gasteiger partial charge in [-0.25, -0.2) is 0 Å². The van der Waals surface area contributed by atoms with Crippen LogP contribution < -0.4 is 10.2 Å². The number of halogens is 1. The van der Waals surface area contributed by atoms with E-state index in [9.17, 15) is 14.4 Å². The number of fused-ring (bicyclic) bond motifs is 6. The van der Waals surface area contributed by atoms with Crippen LogP contribution in [-0.2, 0) is 15.0 Å². The van der Waals surface area contributed by atoms with Gasteiger partial charge in [0, 0.05) is 32.9 Å². The standard InChI is InChI=1S/C33H31ClN2O3/c1-18-10-15-25-22(16-18)19(2)17-26-33(23-8-6-7-9-24(23)35-31(33)39)27(28(36(25)26)30(38)32(3,4)5)29(37)20-11-13-21(34)14-12-20/h6-17,26-28H,1-5H3,(H,35,39)/t26-,27-,28-,33+/m0/s1. The zero-order valence-electron chi connectivity index (χ0n) is 22.7. The fourth-order valence-electron chi connectivity index (χ4n) is 6.78. The van der Waals surface area contributed by atoms with E-state index < -0.39 is 28.8 Å². The molecule has 0 radical (unpaired) electrons. The summed E-state index contributed by atoms with van der Waals surface area (Å²) >= 11 is 6.16. The lowest BCUT2D eigenvalue weighted by atomic mass is 9.63. The number of aryl methyl sites for hydroxylation is 1. The van der Waals surface area contributed by atoms with Gasteiger partial charge in [0.2, 0.25) is 5.91 Å². The van der Waals surface area contributed by atoms with Crippen LogP contribution in [0.15, 0.2) is 72.8 Å². The van der Waals surface area contributed by atoms with Gasteiger partial charge in [-0.05, 0) is 67.4 Å². The lowest BCUT2D eigenvalue weighted by Gasteiger charge is -2.40. The van der Waals surface area contributed by atoms with Gasteiger partial charge in [-0.15, -0.1) is 0 Å². The average Bonchev–Trinajstić information content (AvgIpc) is 3.35. The number of Topliss-reactive ketones (excluding diaryl/α,β-unsaturated/α-hetero) is 2. The molecule has 0 aliphatic carbocycles. The molecule has 1 fully saturated rings. The zero-order chi connectivity index (χ0) is 27.9. The number of nitrogens with zero attached hydrogens (tertiary/aromatic N) is 1. The molecule has 3 heterocycles. The van der Waals surface area contributed by atoms with E-state index in [-0.39, 0.29) is 17.5 Å². The second kappa shape index (κ2) is 8.65. The van der Waals surface area contributed by atoms with Gasteiger partial charge < -0.3 is 10.2 Å². The van der Waals surface area contributed by atoms with E-state index in [1.165, 1.54) is 0 Å². The summed E-state index contributed by atoms with van der Waals surface area (Å²) in [5.41, 5.74) is 3.81. The monoisotopic (exact) mass is 538 g/mol. The van der Waals surface area contributed by atoms with Crippen LogP contribution in [-0.4, -0.2) is 29.6 Å². The van der Waals surface area contributed by atoms with Gasteiger partial charge in [0.05, 0.1) is 12.0 Å². The van der Waals surface area contributed by atoms with Crippen LogP contribution >= 0.6 is 11.6 Å². The minimum Gasteiger partial charge on any atom is -0.352 e. The number of carbonyl (C=O) groups excluding carboxylic acids is 3. The van der Waals surface area contributed by atoms with E-state index >= 15 is 0 Å². The Hall–Kier alpha value is -3.70. The Morgan fingerprint density at radius 2 is 1.67 bits per heavy atom. The lowest BCUT2D eigenvalue weighted by molar-refractivity contribution is -0.128. The Labute approximate surface area is 233 Å². The van der Waals surface area contributed by atoms with Gasteiger partial charge in [-0.2, -0.15) is 0 Å². The first-order valence-corrected chi connectivity index (χ1v) is 13.7. The molecule has 1 saturated heterocycles. The molecule has 1 amide bonds. The highest BCUT2D eigenvalue weighted by molar-refractivity contribution is 6.30. The topological polar surface area (TPSA) is 66.5 Å². The summed E-state index contributed by atoms with van der Waals surface area (Å²) in [7, 11) is 0. The largest absolute Gasteiger partial charge is 0.352 e. The van der Waals surface area contributed by atoms with E-state index in [1.54, 1.807) is 24.3 Å². The average molecular weight is 539 g/mol. The molecule has 4 atom stereocenters. The number of allylic oxidation sites excluding steroid dienone is 1. The summed E-state index contributed by atoms with van der Waals surface area (Å²) in [5, 5.41) is 3.59. The predicted octanol–water partition coefficient (Wildman–Crippen LogP) is 6.63. The highest BCUT2D eigenvalue weighted by Crippen LogP contribution is 2.59. The van der Waals surface area contributed by atoms with Crippen molar-refractivity contribution < 1.29 is 14.4 Å². The Bertz CT molecular complexity index is 1580. The van der Waals surface area contributed by atoms with E-state index in [0.717, 1.165) is 28.0 Å². The maximum atomic E-state index is 14.7. The van der Waals surface area contributed by atoms with Gasteiger partial charge in [-0.1, -0.05) is 68.3 Å². The SMILES string of the molecule is CC1=C[C@@H]2N(c3ccc(C)cc31)[C@H](C(=O)C(C)(C)C)[C@@H](C(=O)c1ccc(Cl)cc1)[C@]21C(=O)Nc2ccccc21. The van der Waals surface area contributed by atoms with E-state index in [2.05, 4.69) is 22.4 Å². The lowest BCUT2D eigenvalue weighted by Crippen LogP contribution is -2.51. The van der Waals surface area contributed by atoms with Crippen molar-refractivity contribution >= 4 is 46.0 Å². The molecule has 6 rings (SSSR count). The Kier molecular flexibility index (Phi) is 5.67. The number of ketones is 2. The van der Waals surface area contributed by atoms with Crippen LogP contribution in [0.5, 0.6) is 0 Å². The van der Waals surface area contributed by atoms with Gasteiger partial charge in [0.15, 0.2) is 11.6 Å². The summed E-state index contributed by atoms with van der Waals surface area (Å²) in [6.45, 7) is 9.71. The molecular weight excluding hydrogens is 508 g/mol. The molecule has 3 aliphatic rings. The van der Waals surface area contributed by atoms with Gasteiger partial charge in [-0.3, -0.25) is 14.4 Å². The minimum atomic E-state index is -1.30. The van der Waals surface area contributed by atoms with Crippen molar-refractivity contribution in [3.63, 3.8) is 0 Å². The Morgan fingerprint density at radius 1 is 0.974 bits per heavy atom. The van der Waals surface area contributed by atoms with Crippen molar-refractivity contribution in [2.45, 2.75) is 52.1 Å². The first-order chi connectivity index (χ1) is 18.5. The van der Waals surface area contributed by atoms with Crippen LogP contribution in [0.2, 0.25) is 5.02 Å². The second-order valence-corrected chi connectivity index (χ2v) is 12.4. The maximum absolute atomic E-state index is 14.7. The number of amides is 1. The summed E-state index contributed by atoms with van der Waals surface area (Å²) in [4.78, 5) is 45.6. The summed E-state index contributed by atoms with van der Waals surface area (Å²) < 4.78 is 0. The second-order valence-electron chi connectivity index (χ2n) is 12.0. The zero-order valence-corrected chi connectivity index (χ0v) is 23.5. The molecule has 3 aromatic carbocycles. The van der Waals surface area contributed by atoms with Gasteiger partial charge in [0.25, 0.3) is 0 Å². The van der Waals surface area contributed by atoms with E-state index in [1.807, 2.05) is 71.0 Å². The fraction of sp³-hybridized carbons (Fsp3) is 0.303. The molecule has 39 heavy (non-hydrogen) atoms. The van der Waals surface area contributed by atoms with Crippen molar-refractivity contribution in [1.29, 1.82) is 0 Å². The molecule has 1 spiro atoms. The summed E-state index contributed by atoms with van der Waals surface area (Å²) in [6, 6.07) is 19.0. The molecule has 6 heteroatoms. The smallest absolute Gasteiger partial charge is 0.238 e. The molecule has 0 bridgehead atoms. The molecule has 1 N–H and O–H groups in total. The quantitative estimate of drug-likeness (QED) is 0.380. The molecule has 0 unspecified atom stereocenters. The molecule has 3 aromatic rings. The molecule has 198 valence electrons. The molecular formula is C33H31ClN2O3. The van der Waals surface area contributed by atoms with Crippen molar-refractivity contribution in [2.24, 2.45) is 11.3 Å². The highest BCUT2D eigenvalue weighted by atomic mass is 35.5. The summed E-state index contributed by atoms with van der Waals surface area (Å²) in [5.74, 6) is -1.53. The fourth-order valence-corrected chi connectivity index (χ4v) is 6.91. The van der Waals surface area contributed by atoms with Crippen molar-refractivity contribution in [3.8, 4) is 0 Å². The van der Waals surface area contributed by atoms with Crippen LogP contribution in [0.3, 0.4) is 0 Å². The minimum absolute atomic E-state index is 0.0756. The number of rotatable bonds is 3. The maximum Gasteiger partial charge on any atom is 0.238 e. The van der Waals surface area contributed by atoms with Crippen LogP contribution in [0, 0.1) is 18.3 Å². The third-order valence-electron chi connectivity index (χ3n) is 8.55. The third kappa shape index (κ3) is 3.56. The Balaban J connectivity index is 1.70. The number of nitrogens with one attached hydrogen (secondary N) is 1. The first-order valence-electron chi connectivity index (χ1n) is 13.3. The number of hydrogen-bond donors (Lipinski definition) is 1. The van der Waals surface area contributed by atoms with Gasteiger partial charge in [0.1, 0.15) is 11.5 Å².